The molecule has 0 aliphatic heterocycles. The number of nitrogens with one attached hydrogen (secondary N) is 1. The first-order valence-electron chi connectivity index (χ1n) is 6.38. The second-order valence-electron chi connectivity index (χ2n) is 4.49. The first-order chi connectivity index (χ1) is 10.1. The summed E-state index contributed by atoms with van der Waals surface area (Å²) in [7, 11) is 0. The van der Waals surface area contributed by atoms with E-state index < -0.39 is 5.97 Å². The summed E-state index contributed by atoms with van der Waals surface area (Å²) in [6, 6.07) is 8.91. The molecule has 0 atom stereocenters. The standard InChI is InChI=1S/C16H15NO4/c1-11-14(7-8-21-11)16(20)17-10-13-4-2-3-12(9-13)5-6-15(18)19/h2-9H,10H2,1H3,(H,17,20)(H,18,19). The zero-order chi connectivity index (χ0) is 15.2. The zero-order valence-electron chi connectivity index (χ0n) is 11.5. The number of carbonyl (C=O) groups is 2. The monoisotopic (exact) mass is 285 g/mol. The van der Waals surface area contributed by atoms with Crippen molar-refractivity contribution in [3.8, 4) is 0 Å². The molecule has 2 rings (SSSR count). The van der Waals surface area contributed by atoms with Crippen molar-refractivity contribution in [1.29, 1.82) is 0 Å². The summed E-state index contributed by atoms with van der Waals surface area (Å²) < 4.78 is 5.09. The Morgan fingerprint density at radius 3 is 2.81 bits per heavy atom. The minimum absolute atomic E-state index is 0.201. The van der Waals surface area contributed by atoms with Crippen molar-refractivity contribution in [2.45, 2.75) is 13.5 Å². The van der Waals surface area contributed by atoms with Crippen molar-refractivity contribution < 1.29 is 19.1 Å². The molecule has 2 N–H and O–H groups in total. The summed E-state index contributed by atoms with van der Waals surface area (Å²) in [5.41, 5.74) is 2.16. The van der Waals surface area contributed by atoms with Gasteiger partial charge in [0.25, 0.3) is 5.91 Å². The van der Waals surface area contributed by atoms with Crippen LogP contribution >= 0.6 is 0 Å². The van der Waals surface area contributed by atoms with Crippen molar-refractivity contribution in [2.75, 3.05) is 0 Å². The maximum Gasteiger partial charge on any atom is 0.328 e. The van der Waals surface area contributed by atoms with Gasteiger partial charge in [0.1, 0.15) is 5.76 Å². The van der Waals surface area contributed by atoms with Gasteiger partial charge in [-0.1, -0.05) is 18.2 Å². The van der Waals surface area contributed by atoms with Gasteiger partial charge in [-0.3, -0.25) is 4.79 Å². The molecule has 0 radical (unpaired) electrons. The molecule has 0 saturated carbocycles. The highest BCUT2D eigenvalue weighted by Crippen LogP contribution is 2.10. The predicted molar refractivity (Wildman–Crippen MR) is 77.7 cm³/mol. The average Bonchev–Trinajstić information content (AvgIpc) is 2.89. The first-order valence-corrected chi connectivity index (χ1v) is 6.38. The number of hydrogen-bond donors (Lipinski definition) is 2. The van der Waals surface area contributed by atoms with Crippen LogP contribution in [0.3, 0.4) is 0 Å². The maximum absolute atomic E-state index is 11.9. The number of rotatable bonds is 5. The van der Waals surface area contributed by atoms with Gasteiger partial charge >= 0.3 is 5.97 Å². The van der Waals surface area contributed by atoms with Crippen LogP contribution in [0.2, 0.25) is 0 Å². The van der Waals surface area contributed by atoms with Gasteiger partial charge < -0.3 is 14.8 Å². The molecule has 0 aliphatic carbocycles. The normalized spacial score (nSPS) is 10.7. The molecule has 0 aliphatic rings. The number of carboxylic acids is 1. The first kappa shape index (κ1) is 14.6. The fourth-order valence-corrected chi connectivity index (χ4v) is 1.87. The molecule has 0 saturated heterocycles. The van der Waals surface area contributed by atoms with E-state index in [1.54, 1.807) is 19.1 Å². The number of furan rings is 1. The lowest BCUT2D eigenvalue weighted by Gasteiger charge is -2.05. The van der Waals surface area contributed by atoms with Gasteiger partial charge in [-0.15, -0.1) is 0 Å². The van der Waals surface area contributed by atoms with E-state index in [1.165, 1.54) is 12.3 Å². The molecule has 1 aromatic carbocycles. The molecule has 1 heterocycles. The summed E-state index contributed by atoms with van der Waals surface area (Å²) in [6.45, 7) is 2.09. The van der Waals surface area contributed by atoms with Crippen LogP contribution in [-0.4, -0.2) is 17.0 Å². The molecular weight excluding hydrogens is 270 g/mol. The molecule has 1 amide bonds. The zero-order valence-corrected chi connectivity index (χ0v) is 11.5. The Balaban J connectivity index is 2.00. The van der Waals surface area contributed by atoms with Crippen LogP contribution in [0.25, 0.3) is 6.08 Å². The van der Waals surface area contributed by atoms with Gasteiger partial charge in [0, 0.05) is 12.6 Å². The van der Waals surface area contributed by atoms with Crippen LogP contribution in [0.4, 0.5) is 0 Å². The number of hydrogen-bond acceptors (Lipinski definition) is 3. The third-order valence-corrected chi connectivity index (χ3v) is 2.93. The Bertz CT molecular complexity index is 685. The van der Waals surface area contributed by atoms with Gasteiger partial charge in [0.05, 0.1) is 11.8 Å². The largest absolute Gasteiger partial charge is 0.478 e. The number of aliphatic carboxylic acids is 1. The van der Waals surface area contributed by atoms with Crippen LogP contribution < -0.4 is 5.32 Å². The molecule has 1 aromatic heterocycles. The summed E-state index contributed by atoms with van der Waals surface area (Å²) in [6.07, 6.45) is 4.06. The summed E-state index contributed by atoms with van der Waals surface area (Å²) in [4.78, 5) is 22.4. The van der Waals surface area contributed by atoms with Crippen LogP contribution in [0, 0.1) is 6.92 Å². The average molecular weight is 285 g/mol. The Hall–Kier alpha value is -2.82. The van der Waals surface area contributed by atoms with Crippen LogP contribution in [0.5, 0.6) is 0 Å². The lowest BCUT2D eigenvalue weighted by molar-refractivity contribution is -0.131. The maximum atomic E-state index is 11.9. The number of amides is 1. The van der Waals surface area contributed by atoms with E-state index in [9.17, 15) is 9.59 Å². The molecule has 108 valence electrons. The quantitative estimate of drug-likeness (QED) is 0.828. The predicted octanol–water partition coefficient (Wildman–Crippen LogP) is 2.62. The van der Waals surface area contributed by atoms with Crippen LogP contribution in [-0.2, 0) is 11.3 Å². The third-order valence-electron chi connectivity index (χ3n) is 2.93. The Kier molecular flexibility index (Phi) is 4.56. The van der Waals surface area contributed by atoms with E-state index >= 15 is 0 Å². The minimum Gasteiger partial charge on any atom is -0.478 e. The van der Waals surface area contributed by atoms with E-state index in [0.29, 0.717) is 17.9 Å². The number of aryl methyl sites for hydroxylation is 1. The van der Waals surface area contributed by atoms with Crippen molar-refractivity contribution in [1.82, 2.24) is 5.32 Å². The highest BCUT2D eigenvalue weighted by atomic mass is 16.4. The van der Waals surface area contributed by atoms with E-state index in [-0.39, 0.29) is 5.91 Å². The summed E-state index contributed by atoms with van der Waals surface area (Å²) in [5, 5.41) is 11.4. The molecular formula is C16H15NO4. The Morgan fingerprint density at radius 1 is 1.33 bits per heavy atom. The SMILES string of the molecule is Cc1occc1C(=O)NCc1cccc(C=CC(=O)O)c1. The topological polar surface area (TPSA) is 79.5 Å². The lowest BCUT2D eigenvalue weighted by Crippen LogP contribution is -2.22. The van der Waals surface area contributed by atoms with Gasteiger partial charge in [-0.25, -0.2) is 4.79 Å². The van der Waals surface area contributed by atoms with E-state index in [2.05, 4.69) is 5.32 Å². The third kappa shape index (κ3) is 4.07. The van der Waals surface area contributed by atoms with Crippen molar-refractivity contribution >= 4 is 18.0 Å². The molecule has 2 aromatic rings. The summed E-state index contributed by atoms with van der Waals surface area (Å²) in [5.74, 6) is -0.623. The second-order valence-corrected chi connectivity index (χ2v) is 4.49. The molecule has 0 unspecified atom stereocenters. The van der Waals surface area contributed by atoms with Crippen molar-refractivity contribution in [3.05, 3.63) is 65.1 Å². The molecule has 0 bridgehead atoms. The highest BCUT2D eigenvalue weighted by Gasteiger charge is 2.10. The fourth-order valence-electron chi connectivity index (χ4n) is 1.87. The van der Waals surface area contributed by atoms with Gasteiger partial charge in [-0.05, 0) is 36.3 Å². The van der Waals surface area contributed by atoms with Gasteiger partial charge in [0.2, 0.25) is 0 Å². The smallest absolute Gasteiger partial charge is 0.328 e. The van der Waals surface area contributed by atoms with Crippen molar-refractivity contribution in [3.63, 3.8) is 0 Å². The van der Waals surface area contributed by atoms with Gasteiger partial charge in [0.15, 0.2) is 0 Å². The lowest BCUT2D eigenvalue weighted by atomic mass is 10.1. The second kappa shape index (κ2) is 6.56. The summed E-state index contributed by atoms with van der Waals surface area (Å²) >= 11 is 0. The van der Waals surface area contributed by atoms with E-state index in [4.69, 9.17) is 9.52 Å². The molecule has 0 fully saturated rings. The van der Waals surface area contributed by atoms with Crippen LogP contribution in [0.1, 0.15) is 27.2 Å². The van der Waals surface area contributed by atoms with E-state index in [1.807, 2.05) is 18.2 Å². The van der Waals surface area contributed by atoms with Gasteiger partial charge in [-0.2, -0.15) is 0 Å². The van der Waals surface area contributed by atoms with Crippen LogP contribution in [0.15, 0.2) is 47.1 Å². The van der Waals surface area contributed by atoms with Crippen molar-refractivity contribution in [2.24, 2.45) is 0 Å². The highest BCUT2D eigenvalue weighted by molar-refractivity contribution is 5.95. The molecule has 5 heteroatoms. The molecule has 5 nitrogen and oxygen atoms in total. The molecule has 0 spiro atoms. The van der Waals surface area contributed by atoms with E-state index in [0.717, 1.165) is 17.2 Å². The number of benzene rings is 1. The Labute approximate surface area is 121 Å². The number of carboxylic acid groups (broad SMARTS) is 1. The molecule has 21 heavy (non-hydrogen) atoms. The number of carbonyl (C=O) groups excluding carboxylic acids is 1. The Morgan fingerprint density at radius 2 is 2.14 bits per heavy atom. The fraction of sp³-hybridized carbons (Fsp3) is 0.125. The minimum atomic E-state index is -0.996.